The number of nitrogens with zero attached hydrogens (tertiary/aromatic N) is 2. The van der Waals surface area contributed by atoms with Gasteiger partial charge in [-0.25, -0.2) is 0 Å². The SMILES string of the molecule is CCN1CCN(c2c(Cl)cccc2CO)CC1C. The molecule has 1 aromatic rings. The van der Waals surface area contributed by atoms with E-state index in [0.29, 0.717) is 6.04 Å². The molecule has 1 fully saturated rings. The molecule has 1 unspecified atom stereocenters. The van der Waals surface area contributed by atoms with Crippen molar-refractivity contribution in [3.05, 3.63) is 28.8 Å². The van der Waals surface area contributed by atoms with Crippen LogP contribution in [-0.2, 0) is 6.61 Å². The lowest BCUT2D eigenvalue weighted by molar-refractivity contribution is 0.199. The van der Waals surface area contributed by atoms with Crippen LogP contribution in [0.5, 0.6) is 0 Å². The van der Waals surface area contributed by atoms with Gasteiger partial charge in [-0.2, -0.15) is 0 Å². The Labute approximate surface area is 114 Å². The highest BCUT2D eigenvalue weighted by atomic mass is 35.5. The van der Waals surface area contributed by atoms with Crippen LogP contribution in [0, 0.1) is 0 Å². The number of likely N-dealkylation sites (N-methyl/N-ethyl adjacent to an activating group) is 1. The van der Waals surface area contributed by atoms with Gasteiger partial charge >= 0.3 is 0 Å². The van der Waals surface area contributed by atoms with Gasteiger partial charge in [-0.15, -0.1) is 0 Å². The molecule has 1 atom stereocenters. The van der Waals surface area contributed by atoms with Crippen LogP contribution in [-0.4, -0.2) is 42.2 Å². The molecule has 0 bridgehead atoms. The second kappa shape index (κ2) is 5.91. The fourth-order valence-corrected chi connectivity index (χ4v) is 3.02. The highest BCUT2D eigenvalue weighted by Crippen LogP contribution is 2.31. The molecule has 18 heavy (non-hydrogen) atoms. The minimum Gasteiger partial charge on any atom is -0.392 e. The molecule has 0 amide bonds. The summed E-state index contributed by atoms with van der Waals surface area (Å²) in [6.07, 6.45) is 0. The molecule has 3 nitrogen and oxygen atoms in total. The summed E-state index contributed by atoms with van der Waals surface area (Å²) in [5.74, 6) is 0. The number of aliphatic hydroxyl groups is 1. The normalized spacial score (nSPS) is 21.3. The van der Waals surface area contributed by atoms with Crippen LogP contribution < -0.4 is 4.90 Å². The largest absolute Gasteiger partial charge is 0.392 e. The van der Waals surface area contributed by atoms with Gasteiger partial charge in [0, 0.05) is 31.2 Å². The van der Waals surface area contributed by atoms with Gasteiger partial charge in [0.2, 0.25) is 0 Å². The molecule has 1 N–H and O–H groups in total. The fraction of sp³-hybridized carbons (Fsp3) is 0.571. The summed E-state index contributed by atoms with van der Waals surface area (Å²) in [6, 6.07) is 6.25. The molecule has 1 aliphatic rings. The van der Waals surface area contributed by atoms with Gasteiger partial charge in [-0.1, -0.05) is 30.7 Å². The molecule has 0 aliphatic carbocycles. The summed E-state index contributed by atoms with van der Waals surface area (Å²) in [6.45, 7) is 8.54. The second-order valence-electron chi connectivity index (χ2n) is 4.83. The maximum absolute atomic E-state index is 9.44. The second-order valence-corrected chi connectivity index (χ2v) is 5.24. The van der Waals surface area contributed by atoms with Crippen molar-refractivity contribution in [1.29, 1.82) is 0 Å². The third-order valence-electron chi connectivity index (χ3n) is 3.73. The minimum atomic E-state index is 0.0399. The molecular weight excluding hydrogens is 248 g/mol. The zero-order valence-corrected chi connectivity index (χ0v) is 11.8. The van der Waals surface area contributed by atoms with E-state index in [1.807, 2.05) is 18.2 Å². The summed E-state index contributed by atoms with van der Waals surface area (Å²) >= 11 is 6.29. The van der Waals surface area contributed by atoms with Crippen molar-refractivity contribution < 1.29 is 5.11 Å². The molecule has 1 heterocycles. The highest BCUT2D eigenvalue weighted by Gasteiger charge is 2.24. The first kappa shape index (κ1) is 13.7. The lowest BCUT2D eigenvalue weighted by Crippen LogP contribution is -2.52. The Hall–Kier alpha value is -0.770. The molecule has 4 heteroatoms. The zero-order chi connectivity index (χ0) is 13.1. The van der Waals surface area contributed by atoms with Gasteiger partial charge in [0.1, 0.15) is 0 Å². The van der Waals surface area contributed by atoms with Crippen LogP contribution in [0.3, 0.4) is 0 Å². The Morgan fingerprint density at radius 2 is 2.17 bits per heavy atom. The van der Waals surface area contributed by atoms with Crippen LogP contribution in [0.1, 0.15) is 19.4 Å². The van der Waals surface area contributed by atoms with Crippen molar-refractivity contribution in [2.75, 3.05) is 31.1 Å². The lowest BCUT2D eigenvalue weighted by Gasteiger charge is -2.41. The topological polar surface area (TPSA) is 26.7 Å². The molecule has 0 spiro atoms. The van der Waals surface area contributed by atoms with Crippen LogP contribution >= 0.6 is 11.6 Å². The number of aliphatic hydroxyl groups excluding tert-OH is 1. The number of anilines is 1. The van der Waals surface area contributed by atoms with Gasteiger partial charge in [-0.05, 0) is 19.5 Å². The number of halogens is 1. The molecule has 0 aromatic heterocycles. The highest BCUT2D eigenvalue weighted by molar-refractivity contribution is 6.33. The molecular formula is C14H21ClN2O. The van der Waals surface area contributed by atoms with Crippen molar-refractivity contribution in [3.63, 3.8) is 0 Å². The van der Waals surface area contributed by atoms with E-state index in [2.05, 4.69) is 23.6 Å². The summed E-state index contributed by atoms with van der Waals surface area (Å²) in [7, 11) is 0. The third kappa shape index (κ3) is 2.63. The lowest BCUT2D eigenvalue weighted by atomic mass is 10.1. The summed E-state index contributed by atoms with van der Waals surface area (Å²) in [5.41, 5.74) is 1.92. The van der Waals surface area contributed by atoms with E-state index < -0.39 is 0 Å². The van der Waals surface area contributed by atoms with Gasteiger partial charge in [-0.3, -0.25) is 4.90 Å². The van der Waals surface area contributed by atoms with Gasteiger partial charge in [0.25, 0.3) is 0 Å². The molecule has 100 valence electrons. The standard InChI is InChI=1S/C14H21ClN2O/c1-3-16-7-8-17(9-11(16)2)14-12(10-18)5-4-6-13(14)15/h4-6,11,18H,3,7-10H2,1-2H3. The van der Waals surface area contributed by atoms with Gasteiger partial charge < -0.3 is 10.0 Å². The maximum Gasteiger partial charge on any atom is 0.0702 e. The Balaban J connectivity index is 2.23. The maximum atomic E-state index is 9.44. The number of piperazine rings is 1. The summed E-state index contributed by atoms with van der Waals surface area (Å²) in [4.78, 5) is 4.76. The third-order valence-corrected chi connectivity index (χ3v) is 4.03. The average Bonchev–Trinajstić information content (AvgIpc) is 2.38. The number of hydrogen-bond acceptors (Lipinski definition) is 3. The van der Waals surface area contributed by atoms with E-state index in [1.54, 1.807) is 0 Å². The van der Waals surface area contributed by atoms with Crippen molar-refractivity contribution in [3.8, 4) is 0 Å². The Morgan fingerprint density at radius 3 is 2.78 bits per heavy atom. The Kier molecular flexibility index (Phi) is 4.49. The number of hydrogen-bond donors (Lipinski definition) is 1. The fourth-order valence-electron chi connectivity index (χ4n) is 2.71. The Morgan fingerprint density at radius 1 is 1.39 bits per heavy atom. The molecule has 1 aliphatic heterocycles. The molecule has 1 saturated heterocycles. The first-order valence-electron chi connectivity index (χ1n) is 6.54. The number of benzene rings is 1. The minimum absolute atomic E-state index is 0.0399. The van der Waals surface area contributed by atoms with Crippen molar-refractivity contribution >= 4 is 17.3 Å². The van der Waals surface area contributed by atoms with Crippen LogP contribution in [0.15, 0.2) is 18.2 Å². The van der Waals surface area contributed by atoms with E-state index >= 15 is 0 Å². The molecule has 1 aromatic carbocycles. The van der Waals surface area contributed by atoms with Crippen molar-refractivity contribution in [2.45, 2.75) is 26.5 Å². The predicted octanol–water partition coefficient (Wildman–Crippen LogP) is 2.36. The quantitative estimate of drug-likeness (QED) is 0.912. The molecule has 0 radical (unpaired) electrons. The van der Waals surface area contributed by atoms with Crippen LogP contribution in [0.4, 0.5) is 5.69 Å². The first-order chi connectivity index (χ1) is 8.67. The summed E-state index contributed by atoms with van der Waals surface area (Å²) < 4.78 is 0. The number of para-hydroxylation sites is 1. The van der Waals surface area contributed by atoms with E-state index in [9.17, 15) is 5.11 Å². The molecule has 0 saturated carbocycles. The van der Waals surface area contributed by atoms with E-state index in [1.165, 1.54) is 0 Å². The van der Waals surface area contributed by atoms with Gasteiger partial charge in [0.05, 0.1) is 17.3 Å². The van der Waals surface area contributed by atoms with Crippen LogP contribution in [0.25, 0.3) is 0 Å². The van der Waals surface area contributed by atoms with E-state index in [0.717, 1.165) is 42.5 Å². The smallest absolute Gasteiger partial charge is 0.0702 e. The average molecular weight is 269 g/mol. The number of rotatable bonds is 3. The molecule has 2 rings (SSSR count). The summed E-state index contributed by atoms with van der Waals surface area (Å²) in [5, 5.41) is 10.2. The monoisotopic (exact) mass is 268 g/mol. The predicted molar refractivity (Wildman–Crippen MR) is 76.3 cm³/mol. The van der Waals surface area contributed by atoms with Crippen molar-refractivity contribution in [2.24, 2.45) is 0 Å². The van der Waals surface area contributed by atoms with Crippen molar-refractivity contribution in [1.82, 2.24) is 4.90 Å². The first-order valence-corrected chi connectivity index (χ1v) is 6.92. The zero-order valence-electron chi connectivity index (χ0n) is 11.1. The van der Waals surface area contributed by atoms with E-state index in [-0.39, 0.29) is 6.61 Å². The van der Waals surface area contributed by atoms with Crippen LogP contribution in [0.2, 0.25) is 5.02 Å². The Bertz CT molecular complexity index is 411. The van der Waals surface area contributed by atoms with E-state index in [4.69, 9.17) is 11.6 Å². The van der Waals surface area contributed by atoms with Gasteiger partial charge in [0.15, 0.2) is 0 Å².